The molecule has 1 fully saturated rings. The Bertz CT molecular complexity index is 1400. The largest absolute Gasteiger partial charge is 0.378 e. The number of aromatic nitrogens is 2. The molecule has 162 valence electrons. The van der Waals surface area contributed by atoms with E-state index in [1.54, 1.807) is 36.7 Å². The maximum atomic E-state index is 13.6. The summed E-state index contributed by atoms with van der Waals surface area (Å²) in [5.74, 6) is 0. The minimum Gasteiger partial charge on any atom is -0.378 e. The maximum Gasteiger partial charge on any atom is 0.269 e. The number of aryl methyl sites for hydroxylation is 1. The van der Waals surface area contributed by atoms with Gasteiger partial charge in [0, 0.05) is 43.0 Å². The molecule has 0 amide bonds. The summed E-state index contributed by atoms with van der Waals surface area (Å²) in [6, 6.07) is 10.9. The first-order valence-electron chi connectivity index (χ1n) is 10.5. The number of pyridine rings is 1. The normalized spacial score (nSPS) is 16.7. The van der Waals surface area contributed by atoms with Crippen LogP contribution in [0.5, 0.6) is 0 Å². The van der Waals surface area contributed by atoms with Gasteiger partial charge in [-0.05, 0) is 36.8 Å². The Morgan fingerprint density at radius 2 is 1.88 bits per heavy atom. The van der Waals surface area contributed by atoms with E-state index in [0.717, 1.165) is 27.8 Å². The van der Waals surface area contributed by atoms with Crippen molar-refractivity contribution in [2.24, 2.45) is 0 Å². The van der Waals surface area contributed by atoms with Crippen molar-refractivity contribution in [3.05, 3.63) is 71.6 Å². The van der Waals surface area contributed by atoms with E-state index in [1.165, 1.54) is 3.97 Å². The van der Waals surface area contributed by atoms with Crippen LogP contribution in [0.1, 0.15) is 17.5 Å². The molecule has 0 spiro atoms. The van der Waals surface area contributed by atoms with Gasteiger partial charge in [0.2, 0.25) is 0 Å². The van der Waals surface area contributed by atoms with Crippen LogP contribution in [0.4, 0.5) is 5.69 Å². The molecule has 3 heterocycles. The molecule has 1 aromatic carbocycles. The Morgan fingerprint density at radius 3 is 2.56 bits per heavy atom. The van der Waals surface area contributed by atoms with Crippen LogP contribution in [0.15, 0.2) is 65.3 Å². The molecular weight excluding hydrogens is 424 g/mol. The van der Waals surface area contributed by atoms with Gasteiger partial charge >= 0.3 is 0 Å². The highest BCUT2D eigenvalue weighted by atomic mass is 32.2. The molecule has 1 aliphatic carbocycles. The number of benzene rings is 1. The molecule has 7 nitrogen and oxygen atoms in total. The number of nitriles is 1. The first kappa shape index (κ1) is 20.5. The summed E-state index contributed by atoms with van der Waals surface area (Å²) in [6.07, 6.45) is 7.62. The lowest BCUT2D eigenvalue weighted by molar-refractivity contribution is 0.123. The topological polar surface area (TPSA) is 88.2 Å². The van der Waals surface area contributed by atoms with Crippen LogP contribution in [0.2, 0.25) is 0 Å². The molecule has 2 aliphatic rings. The number of hydrogen-bond acceptors (Lipinski definition) is 6. The summed E-state index contributed by atoms with van der Waals surface area (Å²) in [5, 5.41) is 10.1. The summed E-state index contributed by atoms with van der Waals surface area (Å²) >= 11 is 0. The molecule has 0 saturated carbocycles. The van der Waals surface area contributed by atoms with Crippen molar-refractivity contribution in [2.75, 3.05) is 31.2 Å². The van der Waals surface area contributed by atoms with Gasteiger partial charge in [0.05, 0.1) is 35.3 Å². The highest BCUT2D eigenvalue weighted by Crippen LogP contribution is 2.38. The number of hydrogen-bond donors (Lipinski definition) is 0. The summed E-state index contributed by atoms with van der Waals surface area (Å²) in [4.78, 5) is 6.90. The van der Waals surface area contributed by atoms with Crippen molar-refractivity contribution < 1.29 is 13.2 Å². The number of fused-ring (bicyclic) bond motifs is 1. The summed E-state index contributed by atoms with van der Waals surface area (Å²) in [6.45, 7) is 4.58. The monoisotopic (exact) mass is 446 g/mol. The molecule has 0 N–H and O–H groups in total. The molecule has 0 unspecified atom stereocenters. The maximum absolute atomic E-state index is 13.6. The fraction of sp³-hybridized carbons (Fsp3) is 0.250. The Kier molecular flexibility index (Phi) is 5.08. The molecule has 8 heteroatoms. The van der Waals surface area contributed by atoms with E-state index in [1.807, 2.05) is 25.1 Å². The molecule has 3 aromatic rings. The van der Waals surface area contributed by atoms with Crippen molar-refractivity contribution in [3.63, 3.8) is 0 Å². The van der Waals surface area contributed by atoms with Crippen LogP contribution in [0.3, 0.4) is 0 Å². The van der Waals surface area contributed by atoms with Crippen LogP contribution in [0.25, 0.3) is 16.6 Å². The molecule has 5 rings (SSSR count). The third kappa shape index (κ3) is 3.40. The lowest BCUT2D eigenvalue weighted by Crippen LogP contribution is -2.36. The van der Waals surface area contributed by atoms with Gasteiger partial charge in [0.25, 0.3) is 10.0 Å². The van der Waals surface area contributed by atoms with Gasteiger partial charge in [-0.1, -0.05) is 23.8 Å². The average molecular weight is 447 g/mol. The van der Waals surface area contributed by atoms with Gasteiger partial charge in [0.15, 0.2) is 5.65 Å². The van der Waals surface area contributed by atoms with Crippen molar-refractivity contribution in [3.8, 4) is 6.07 Å². The molecule has 32 heavy (non-hydrogen) atoms. The third-order valence-corrected chi connectivity index (χ3v) is 7.55. The average Bonchev–Trinajstić information content (AvgIpc) is 3.45. The molecular formula is C24H22N4O3S. The summed E-state index contributed by atoms with van der Waals surface area (Å²) < 4.78 is 34.0. The lowest BCUT2D eigenvalue weighted by atomic mass is 10.1. The minimum atomic E-state index is -3.86. The Morgan fingerprint density at radius 1 is 1.12 bits per heavy atom. The zero-order chi connectivity index (χ0) is 22.3. The Labute approximate surface area is 186 Å². The quantitative estimate of drug-likeness (QED) is 0.608. The van der Waals surface area contributed by atoms with Gasteiger partial charge < -0.3 is 9.64 Å². The van der Waals surface area contributed by atoms with Gasteiger partial charge in [0.1, 0.15) is 0 Å². The molecule has 1 aliphatic heterocycles. The zero-order valence-corrected chi connectivity index (χ0v) is 18.5. The fourth-order valence-electron chi connectivity index (χ4n) is 4.19. The van der Waals surface area contributed by atoms with Crippen molar-refractivity contribution in [2.45, 2.75) is 18.2 Å². The van der Waals surface area contributed by atoms with Crippen LogP contribution < -0.4 is 4.90 Å². The van der Waals surface area contributed by atoms with Gasteiger partial charge in [-0.2, -0.15) is 5.26 Å². The Hall–Kier alpha value is -3.41. The molecule has 0 radical (unpaired) electrons. The smallest absolute Gasteiger partial charge is 0.269 e. The van der Waals surface area contributed by atoms with E-state index in [-0.39, 0.29) is 4.90 Å². The SMILES string of the molecule is Cc1ccc(S(=O)(=O)n2cc(C3=CCC(C#N)=C3)c3c(N4CCOCC4)ccnc32)cc1. The van der Waals surface area contributed by atoms with Crippen molar-refractivity contribution in [1.82, 2.24) is 8.96 Å². The number of ether oxygens (including phenoxy) is 1. The predicted molar refractivity (Wildman–Crippen MR) is 123 cm³/mol. The van der Waals surface area contributed by atoms with E-state index in [4.69, 9.17) is 4.74 Å². The zero-order valence-electron chi connectivity index (χ0n) is 17.7. The van der Waals surface area contributed by atoms with E-state index < -0.39 is 10.0 Å². The number of rotatable bonds is 4. The van der Waals surface area contributed by atoms with E-state index in [0.29, 0.717) is 43.9 Å². The standard InChI is InChI=1S/C24H22N4O3S/c1-17-2-6-20(7-3-17)32(29,30)28-16-21(19-5-4-18(14-19)15-25)23-22(8-9-26-24(23)28)27-10-12-31-13-11-27/h2-3,5-9,14,16H,4,10-13H2,1H3. The Balaban J connectivity index is 1.76. The second-order valence-electron chi connectivity index (χ2n) is 7.93. The highest BCUT2D eigenvalue weighted by molar-refractivity contribution is 7.90. The summed E-state index contributed by atoms with van der Waals surface area (Å²) in [7, 11) is -3.86. The van der Waals surface area contributed by atoms with Crippen molar-refractivity contribution >= 4 is 32.3 Å². The number of nitrogens with zero attached hydrogens (tertiary/aromatic N) is 4. The molecule has 0 atom stereocenters. The number of morpholine rings is 1. The molecule has 0 bridgehead atoms. The van der Waals surface area contributed by atoms with Crippen LogP contribution in [-0.2, 0) is 14.8 Å². The molecule has 2 aromatic heterocycles. The molecule has 1 saturated heterocycles. The predicted octanol–water partition coefficient (Wildman–Crippen LogP) is 3.66. The van der Waals surface area contributed by atoms with E-state index >= 15 is 0 Å². The third-order valence-electron chi connectivity index (χ3n) is 5.89. The van der Waals surface area contributed by atoms with Gasteiger partial charge in [-0.3, -0.25) is 0 Å². The van der Waals surface area contributed by atoms with Crippen LogP contribution in [-0.4, -0.2) is 43.7 Å². The first-order valence-corrected chi connectivity index (χ1v) is 11.9. The highest BCUT2D eigenvalue weighted by Gasteiger charge is 2.27. The number of anilines is 1. The fourth-order valence-corrected chi connectivity index (χ4v) is 5.51. The second-order valence-corrected chi connectivity index (χ2v) is 9.74. The number of allylic oxidation sites excluding steroid dienone is 4. The lowest BCUT2D eigenvalue weighted by Gasteiger charge is -2.29. The minimum absolute atomic E-state index is 0.207. The second kappa shape index (κ2) is 7.93. The van der Waals surface area contributed by atoms with E-state index in [9.17, 15) is 13.7 Å². The summed E-state index contributed by atoms with van der Waals surface area (Å²) in [5.41, 5.74) is 4.54. The van der Waals surface area contributed by atoms with Crippen LogP contribution >= 0.6 is 0 Å². The van der Waals surface area contributed by atoms with E-state index in [2.05, 4.69) is 16.0 Å². The first-order chi connectivity index (χ1) is 15.5. The van der Waals surface area contributed by atoms with Gasteiger partial charge in [-0.25, -0.2) is 17.4 Å². The van der Waals surface area contributed by atoms with Crippen LogP contribution in [0, 0.1) is 18.3 Å². The van der Waals surface area contributed by atoms with Gasteiger partial charge in [-0.15, -0.1) is 0 Å². The van der Waals surface area contributed by atoms with Crippen molar-refractivity contribution in [1.29, 1.82) is 5.26 Å².